The highest BCUT2D eigenvalue weighted by Crippen LogP contribution is 2.31. The number of carbonyl (C=O) groups excluding carboxylic acids is 1. The van der Waals surface area contributed by atoms with Crippen LogP contribution in [0.4, 0.5) is 23.2 Å². The SMILES string of the molecule is COC1CNC(C(=O)Nc2cc(C(F)(F)F)ccc2F)C1. The molecule has 21 heavy (non-hydrogen) atoms. The van der Waals surface area contributed by atoms with Crippen LogP contribution in [-0.2, 0) is 15.7 Å². The van der Waals surface area contributed by atoms with Crippen LogP contribution in [0.2, 0.25) is 0 Å². The van der Waals surface area contributed by atoms with Crippen LogP contribution < -0.4 is 10.6 Å². The molecular weight excluding hydrogens is 292 g/mol. The minimum atomic E-state index is -4.60. The van der Waals surface area contributed by atoms with Crippen molar-refractivity contribution >= 4 is 11.6 Å². The zero-order valence-corrected chi connectivity index (χ0v) is 11.1. The van der Waals surface area contributed by atoms with Gasteiger partial charge in [-0.3, -0.25) is 4.79 Å². The number of carbonyl (C=O) groups is 1. The predicted octanol–water partition coefficient (Wildman–Crippen LogP) is 2.16. The van der Waals surface area contributed by atoms with Gasteiger partial charge in [0.05, 0.1) is 23.4 Å². The third-order valence-corrected chi connectivity index (χ3v) is 3.29. The fraction of sp³-hybridized carbons (Fsp3) is 0.462. The van der Waals surface area contributed by atoms with Gasteiger partial charge in [-0.25, -0.2) is 4.39 Å². The van der Waals surface area contributed by atoms with Crippen LogP contribution in [0.15, 0.2) is 18.2 Å². The summed E-state index contributed by atoms with van der Waals surface area (Å²) >= 11 is 0. The Hall–Kier alpha value is -1.67. The lowest BCUT2D eigenvalue weighted by atomic mass is 10.1. The van der Waals surface area contributed by atoms with E-state index >= 15 is 0 Å². The van der Waals surface area contributed by atoms with Crippen LogP contribution in [0.25, 0.3) is 0 Å². The first-order valence-corrected chi connectivity index (χ1v) is 6.25. The van der Waals surface area contributed by atoms with Crippen molar-refractivity contribution in [1.82, 2.24) is 5.32 Å². The number of benzene rings is 1. The molecule has 4 nitrogen and oxygen atoms in total. The van der Waals surface area contributed by atoms with Crippen LogP contribution in [0, 0.1) is 5.82 Å². The third-order valence-electron chi connectivity index (χ3n) is 3.29. The molecule has 0 saturated carbocycles. The lowest BCUT2D eigenvalue weighted by Crippen LogP contribution is -2.35. The minimum absolute atomic E-state index is 0.146. The zero-order chi connectivity index (χ0) is 15.6. The number of methoxy groups -OCH3 is 1. The predicted molar refractivity (Wildman–Crippen MR) is 67.2 cm³/mol. The first kappa shape index (κ1) is 15.7. The largest absolute Gasteiger partial charge is 0.416 e. The number of ether oxygens (including phenoxy) is 1. The maximum Gasteiger partial charge on any atom is 0.416 e. The maximum absolute atomic E-state index is 13.5. The molecule has 1 heterocycles. The monoisotopic (exact) mass is 306 g/mol. The van der Waals surface area contributed by atoms with Gasteiger partial charge >= 0.3 is 6.18 Å². The summed E-state index contributed by atoms with van der Waals surface area (Å²) in [5.41, 5.74) is -1.51. The number of anilines is 1. The molecule has 2 rings (SSSR count). The maximum atomic E-state index is 13.5. The van der Waals surface area contributed by atoms with E-state index < -0.39 is 35.2 Å². The molecule has 116 valence electrons. The second-order valence-corrected chi connectivity index (χ2v) is 4.74. The van der Waals surface area contributed by atoms with E-state index in [0.717, 1.165) is 0 Å². The van der Waals surface area contributed by atoms with Gasteiger partial charge in [0.2, 0.25) is 5.91 Å². The highest BCUT2D eigenvalue weighted by molar-refractivity contribution is 5.95. The number of rotatable bonds is 3. The highest BCUT2D eigenvalue weighted by atomic mass is 19.4. The van der Waals surface area contributed by atoms with Crippen molar-refractivity contribution in [3.63, 3.8) is 0 Å². The van der Waals surface area contributed by atoms with Gasteiger partial charge in [0.1, 0.15) is 5.82 Å². The molecule has 1 aromatic rings. The Labute approximate surface area is 118 Å². The van der Waals surface area contributed by atoms with Crippen molar-refractivity contribution in [2.45, 2.75) is 24.7 Å². The van der Waals surface area contributed by atoms with Crippen molar-refractivity contribution in [3.8, 4) is 0 Å². The molecule has 1 fully saturated rings. The molecule has 1 saturated heterocycles. The van der Waals surface area contributed by atoms with E-state index in [1.807, 2.05) is 0 Å². The molecular formula is C13H14F4N2O2. The van der Waals surface area contributed by atoms with Gasteiger partial charge in [-0.2, -0.15) is 13.2 Å². The first-order valence-electron chi connectivity index (χ1n) is 6.25. The second-order valence-electron chi connectivity index (χ2n) is 4.74. The van der Waals surface area contributed by atoms with E-state index in [1.165, 1.54) is 7.11 Å². The van der Waals surface area contributed by atoms with Crippen LogP contribution in [-0.4, -0.2) is 31.7 Å². The molecule has 0 bridgehead atoms. The summed E-state index contributed by atoms with van der Waals surface area (Å²) in [4.78, 5) is 11.9. The number of nitrogens with one attached hydrogen (secondary N) is 2. The lowest BCUT2D eigenvalue weighted by molar-refractivity contribution is -0.137. The Morgan fingerprint density at radius 2 is 2.14 bits per heavy atom. The van der Waals surface area contributed by atoms with Crippen LogP contribution >= 0.6 is 0 Å². The quantitative estimate of drug-likeness (QED) is 0.842. The van der Waals surface area contributed by atoms with Crippen LogP contribution in [0.1, 0.15) is 12.0 Å². The molecule has 0 spiro atoms. The molecule has 1 aliphatic rings. The summed E-state index contributed by atoms with van der Waals surface area (Å²) in [6, 6.07) is 1.26. The Morgan fingerprint density at radius 1 is 1.43 bits per heavy atom. The molecule has 1 amide bonds. The fourth-order valence-corrected chi connectivity index (χ4v) is 2.10. The Bertz CT molecular complexity index is 533. The summed E-state index contributed by atoms with van der Waals surface area (Å²) in [6.45, 7) is 0.458. The van der Waals surface area contributed by atoms with Crippen LogP contribution in [0.3, 0.4) is 0 Å². The van der Waals surface area contributed by atoms with Crippen molar-refractivity contribution in [1.29, 1.82) is 0 Å². The van der Waals surface area contributed by atoms with Crippen molar-refractivity contribution in [3.05, 3.63) is 29.6 Å². The molecule has 1 aromatic carbocycles. The normalized spacial score (nSPS) is 22.3. The molecule has 0 aliphatic carbocycles. The summed E-state index contributed by atoms with van der Waals surface area (Å²) in [7, 11) is 1.50. The average Bonchev–Trinajstić information content (AvgIpc) is 2.88. The van der Waals surface area contributed by atoms with Gasteiger partial charge in [-0.05, 0) is 24.6 Å². The summed E-state index contributed by atoms with van der Waals surface area (Å²) in [6.07, 6.45) is -4.37. The summed E-state index contributed by atoms with van der Waals surface area (Å²) < 4.78 is 56.3. The van der Waals surface area contributed by atoms with Gasteiger partial charge in [-0.15, -0.1) is 0 Å². The smallest absolute Gasteiger partial charge is 0.380 e. The molecule has 2 N–H and O–H groups in total. The van der Waals surface area contributed by atoms with E-state index in [0.29, 0.717) is 31.2 Å². The second kappa shape index (κ2) is 5.98. The topological polar surface area (TPSA) is 50.4 Å². The molecule has 0 radical (unpaired) electrons. The van der Waals surface area contributed by atoms with Gasteiger partial charge in [0.15, 0.2) is 0 Å². The summed E-state index contributed by atoms with van der Waals surface area (Å²) in [5.74, 6) is -1.51. The molecule has 0 aromatic heterocycles. The van der Waals surface area contributed by atoms with E-state index in [1.54, 1.807) is 0 Å². The number of hydrogen-bond donors (Lipinski definition) is 2. The number of alkyl halides is 3. The summed E-state index contributed by atoms with van der Waals surface area (Å²) in [5, 5.41) is 5.04. The molecule has 2 atom stereocenters. The average molecular weight is 306 g/mol. The van der Waals surface area contributed by atoms with Gasteiger partial charge in [0.25, 0.3) is 0 Å². The molecule has 1 aliphatic heterocycles. The zero-order valence-electron chi connectivity index (χ0n) is 11.1. The standard InChI is InChI=1S/C13H14F4N2O2/c1-21-8-5-11(18-6-8)12(20)19-10-4-7(13(15,16)17)2-3-9(10)14/h2-4,8,11,18H,5-6H2,1H3,(H,19,20). The molecule has 2 unspecified atom stereocenters. The first-order chi connectivity index (χ1) is 9.81. The minimum Gasteiger partial charge on any atom is -0.380 e. The fourth-order valence-electron chi connectivity index (χ4n) is 2.10. The highest BCUT2D eigenvalue weighted by Gasteiger charge is 2.33. The van der Waals surface area contributed by atoms with Crippen molar-refractivity contribution in [2.24, 2.45) is 0 Å². The van der Waals surface area contributed by atoms with E-state index in [2.05, 4.69) is 10.6 Å². The van der Waals surface area contributed by atoms with Crippen molar-refractivity contribution in [2.75, 3.05) is 19.0 Å². The van der Waals surface area contributed by atoms with Gasteiger partial charge < -0.3 is 15.4 Å². The van der Waals surface area contributed by atoms with E-state index in [-0.39, 0.29) is 6.10 Å². The lowest BCUT2D eigenvalue weighted by Gasteiger charge is -2.14. The van der Waals surface area contributed by atoms with Crippen LogP contribution in [0.5, 0.6) is 0 Å². The van der Waals surface area contributed by atoms with Gasteiger partial charge in [0, 0.05) is 13.7 Å². The number of halogens is 4. The third kappa shape index (κ3) is 3.70. The number of amides is 1. The number of hydrogen-bond acceptors (Lipinski definition) is 3. The molecule has 8 heteroatoms. The Kier molecular flexibility index (Phi) is 4.48. The Balaban J connectivity index is 2.10. The van der Waals surface area contributed by atoms with E-state index in [9.17, 15) is 22.4 Å². The van der Waals surface area contributed by atoms with Crippen molar-refractivity contribution < 1.29 is 27.1 Å². The Morgan fingerprint density at radius 3 is 2.71 bits per heavy atom. The van der Waals surface area contributed by atoms with E-state index in [4.69, 9.17) is 4.74 Å². The van der Waals surface area contributed by atoms with Gasteiger partial charge in [-0.1, -0.05) is 0 Å².